The fourth-order valence-electron chi connectivity index (χ4n) is 0.840. The first kappa shape index (κ1) is 29.2. The standard InChI is InChI=1S/C6H8B2O4.2C6H14O2/c9-7(10)5-1-2-6(4-3-5)8(11)12;2*1-5(2,7)6(3,4)8/h1-4,9-12H;2*7-8H,1-4H3. The SMILES string of the molecule is CC(C)(O)C(C)(C)O.CC(C)(O)C(C)(C)O.OB(O)c1ccc(B(O)O)cc1. The summed E-state index contributed by atoms with van der Waals surface area (Å²) in [5.41, 5.74) is -3.39. The summed E-state index contributed by atoms with van der Waals surface area (Å²) < 4.78 is 0. The van der Waals surface area contributed by atoms with Crippen LogP contribution in [-0.2, 0) is 0 Å². The van der Waals surface area contributed by atoms with Gasteiger partial charge >= 0.3 is 14.2 Å². The van der Waals surface area contributed by atoms with E-state index in [0.717, 1.165) is 0 Å². The molecule has 0 heterocycles. The summed E-state index contributed by atoms with van der Waals surface area (Å²) in [6.45, 7) is 12.6. The topological polar surface area (TPSA) is 162 Å². The lowest BCUT2D eigenvalue weighted by Crippen LogP contribution is -2.44. The Morgan fingerprint density at radius 3 is 0.679 bits per heavy atom. The van der Waals surface area contributed by atoms with Crippen LogP contribution in [0.5, 0.6) is 0 Å². The zero-order valence-corrected chi connectivity index (χ0v) is 18.0. The van der Waals surface area contributed by atoms with Gasteiger partial charge in [0.2, 0.25) is 0 Å². The van der Waals surface area contributed by atoms with Crippen molar-refractivity contribution in [2.24, 2.45) is 0 Å². The lowest BCUT2D eigenvalue weighted by atomic mass is 9.75. The highest BCUT2D eigenvalue weighted by Gasteiger charge is 2.32. The van der Waals surface area contributed by atoms with Crippen molar-refractivity contribution in [2.75, 3.05) is 0 Å². The van der Waals surface area contributed by atoms with Crippen LogP contribution in [0.1, 0.15) is 55.4 Å². The maximum Gasteiger partial charge on any atom is 0.488 e. The van der Waals surface area contributed by atoms with Crippen molar-refractivity contribution in [3.8, 4) is 0 Å². The molecular formula is C18H36B2O8. The van der Waals surface area contributed by atoms with Crippen LogP contribution in [0.2, 0.25) is 0 Å². The van der Waals surface area contributed by atoms with E-state index >= 15 is 0 Å². The Hall–Kier alpha value is -0.970. The minimum absolute atomic E-state index is 0.319. The van der Waals surface area contributed by atoms with Gasteiger partial charge in [0.05, 0.1) is 22.4 Å². The molecule has 0 spiro atoms. The van der Waals surface area contributed by atoms with Gasteiger partial charge in [-0.3, -0.25) is 0 Å². The fraction of sp³-hybridized carbons (Fsp3) is 0.667. The maximum atomic E-state index is 9.10. The van der Waals surface area contributed by atoms with E-state index in [0.29, 0.717) is 10.9 Å². The van der Waals surface area contributed by atoms with Crippen LogP contribution in [0.3, 0.4) is 0 Å². The molecule has 0 aliphatic carbocycles. The first-order valence-electron chi connectivity index (χ1n) is 8.83. The first-order valence-corrected chi connectivity index (χ1v) is 8.83. The smallest absolute Gasteiger partial charge is 0.423 e. The summed E-state index contributed by atoms with van der Waals surface area (Å²) in [6, 6.07) is 5.66. The summed E-state index contributed by atoms with van der Waals surface area (Å²) in [5, 5.41) is 71.2. The molecule has 0 aliphatic rings. The molecule has 0 atom stereocenters. The van der Waals surface area contributed by atoms with E-state index in [1.807, 2.05) is 0 Å². The number of rotatable bonds is 4. The van der Waals surface area contributed by atoms with Gasteiger partial charge < -0.3 is 40.5 Å². The molecule has 0 aromatic heterocycles. The van der Waals surface area contributed by atoms with Crippen molar-refractivity contribution >= 4 is 25.2 Å². The predicted molar refractivity (Wildman–Crippen MR) is 111 cm³/mol. The molecule has 1 rings (SSSR count). The van der Waals surface area contributed by atoms with Gasteiger partial charge in [-0.1, -0.05) is 24.3 Å². The summed E-state index contributed by atoms with van der Waals surface area (Å²) in [4.78, 5) is 0. The normalized spacial score (nSPS) is 12.3. The van der Waals surface area contributed by atoms with E-state index in [1.165, 1.54) is 24.3 Å². The Balaban J connectivity index is 0. The Morgan fingerprint density at radius 2 is 0.607 bits per heavy atom. The molecule has 0 saturated carbocycles. The van der Waals surface area contributed by atoms with Crippen molar-refractivity contribution in [1.29, 1.82) is 0 Å². The summed E-state index contributed by atoms with van der Waals surface area (Å²) in [6.07, 6.45) is 0. The van der Waals surface area contributed by atoms with Gasteiger partial charge in [0, 0.05) is 0 Å². The molecule has 8 nitrogen and oxygen atoms in total. The molecular weight excluding hydrogens is 366 g/mol. The summed E-state index contributed by atoms with van der Waals surface area (Å²) in [5.74, 6) is 0. The summed E-state index contributed by atoms with van der Waals surface area (Å²) >= 11 is 0. The highest BCUT2D eigenvalue weighted by Crippen LogP contribution is 2.19. The molecule has 8 N–H and O–H groups in total. The Kier molecular flexibility index (Phi) is 11.2. The molecule has 0 aliphatic heterocycles. The van der Waals surface area contributed by atoms with Crippen LogP contribution >= 0.6 is 0 Å². The number of hydrogen-bond acceptors (Lipinski definition) is 8. The molecule has 0 radical (unpaired) electrons. The van der Waals surface area contributed by atoms with Crippen molar-refractivity contribution in [1.82, 2.24) is 0 Å². The third kappa shape index (κ3) is 11.8. The van der Waals surface area contributed by atoms with Crippen LogP contribution < -0.4 is 10.9 Å². The Morgan fingerprint density at radius 1 is 0.464 bits per heavy atom. The van der Waals surface area contributed by atoms with Crippen molar-refractivity contribution in [2.45, 2.75) is 77.8 Å². The minimum Gasteiger partial charge on any atom is -0.423 e. The van der Waals surface area contributed by atoms with Gasteiger partial charge in [0.25, 0.3) is 0 Å². The quantitative estimate of drug-likeness (QED) is 0.271. The fourth-order valence-corrected chi connectivity index (χ4v) is 0.840. The van der Waals surface area contributed by atoms with Crippen LogP contribution in [0.4, 0.5) is 0 Å². The van der Waals surface area contributed by atoms with Crippen molar-refractivity contribution in [3.05, 3.63) is 24.3 Å². The summed E-state index contributed by atoms with van der Waals surface area (Å²) in [7, 11) is -3.04. The lowest BCUT2D eigenvalue weighted by molar-refractivity contribution is -0.107. The minimum atomic E-state index is -1.52. The molecule has 0 bridgehead atoms. The lowest BCUT2D eigenvalue weighted by Gasteiger charge is -2.31. The molecule has 0 saturated heterocycles. The molecule has 0 fully saturated rings. The monoisotopic (exact) mass is 402 g/mol. The van der Waals surface area contributed by atoms with Crippen molar-refractivity contribution in [3.63, 3.8) is 0 Å². The van der Waals surface area contributed by atoms with Gasteiger partial charge in [-0.15, -0.1) is 0 Å². The van der Waals surface area contributed by atoms with Gasteiger partial charge in [-0.2, -0.15) is 0 Å². The third-order valence-corrected chi connectivity index (χ3v) is 4.53. The van der Waals surface area contributed by atoms with E-state index in [4.69, 9.17) is 40.5 Å². The van der Waals surface area contributed by atoms with E-state index < -0.39 is 36.6 Å². The van der Waals surface area contributed by atoms with Gasteiger partial charge in [-0.25, -0.2) is 0 Å². The molecule has 162 valence electrons. The highest BCUT2D eigenvalue weighted by molar-refractivity contribution is 6.60. The van der Waals surface area contributed by atoms with Crippen LogP contribution in [0, 0.1) is 0 Å². The maximum absolute atomic E-state index is 9.10. The van der Waals surface area contributed by atoms with Gasteiger partial charge in [0.15, 0.2) is 0 Å². The molecule has 0 amide bonds. The highest BCUT2D eigenvalue weighted by atomic mass is 16.4. The first-order chi connectivity index (χ1) is 12.1. The second-order valence-corrected chi connectivity index (χ2v) is 8.65. The molecule has 0 unspecified atom stereocenters. The zero-order valence-electron chi connectivity index (χ0n) is 18.0. The van der Waals surface area contributed by atoms with E-state index in [2.05, 4.69) is 0 Å². The average molecular weight is 402 g/mol. The second-order valence-electron chi connectivity index (χ2n) is 8.65. The second kappa shape index (κ2) is 10.7. The number of hydrogen-bond donors (Lipinski definition) is 8. The van der Waals surface area contributed by atoms with Crippen molar-refractivity contribution < 1.29 is 40.5 Å². The predicted octanol–water partition coefficient (Wildman–Crippen LogP) is -1.90. The van der Waals surface area contributed by atoms with E-state index in [1.54, 1.807) is 55.4 Å². The number of benzene rings is 1. The van der Waals surface area contributed by atoms with Gasteiger partial charge in [0.1, 0.15) is 0 Å². The van der Waals surface area contributed by atoms with E-state index in [-0.39, 0.29) is 0 Å². The number of aliphatic hydroxyl groups is 4. The van der Waals surface area contributed by atoms with Crippen LogP contribution in [0.15, 0.2) is 24.3 Å². The van der Waals surface area contributed by atoms with Crippen LogP contribution in [-0.4, -0.2) is 77.2 Å². The molecule has 1 aromatic carbocycles. The Labute approximate surface area is 168 Å². The average Bonchev–Trinajstić information content (AvgIpc) is 2.44. The largest absolute Gasteiger partial charge is 0.488 e. The zero-order chi connectivity index (χ0) is 23.1. The molecule has 28 heavy (non-hydrogen) atoms. The van der Waals surface area contributed by atoms with E-state index in [9.17, 15) is 0 Å². The molecule has 1 aromatic rings. The van der Waals surface area contributed by atoms with Gasteiger partial charge in [-0.05, 0) is 66.3 Å². The molecule has 10 heteroatoms. The Bertz CT molecular complexity index is 472. The van der Waals surface area contributed by atoms with Crippen LogP contribution in [0.25, 0.3) is 0 Å². The third-order valence-electron chi connectivity index (χ3n) is 4.53.